The van der Waals surface area contributed by atoms with Crippen LogP contribution in [-0.2, 0) is 4.79 Å². The van der Waals surface area contributed by atoms with Crippen LogP contribution >= 0.6 is 0 Å². The molecule has 178 valence electrons. The van der Waals surface area contributed by atoms with Gasteiger partial charge in [-0.2, -0.15) is 4.39 Å². The second kappa shape index (κ2) is 7.57. The minimum atomic E-state index is -0.958. The number of ether oxygens (including phenoxy) is 1. The van der Waals surface area contributed by atoms with Gasteiger partial charge >= 0.3 is 6.03 Å². The Balaban J connectivity index is 1.12. The number of nitrogens with zero attached hydrogens (tertiary/aromatic N) is 1. The summed E-state index contributed by atoms with van der Waals surface area (Å²) in [6.45, 7) is 0. The van der Waals surface area contributed by atoms with Crippen molar-refractivity contribution in [2.45, 2.75) is 82.0 Å². The summed E-state index contributed by atoms with van der Waals surface area (Å²) in [6.07, 6.45) is 7.43. The lowest BCUT2D eigenvalue weighted by Crippen LogP contribution is -2.64. The molecule has 2 saturated heterocycles. The highest BCUT2D eigenvalue weighted by molar-refractivity contribution is 5.81. The number of hydrogen-bond acceptors (Lipinski definition) is 3. The molecule has 2 aliphatic heterocycles. The van der Waals surface area contributed by atoms with E-state index in [0.717, 1.165) is 51.0 Å². The molecule has 7 rings (SSSR count). The monoisotopic (exact) mass is 459 g/mol. The normalized spacial score (nSPS) is 40.7. The van der Waals surface area contributed by atoms with Gasteiger partial charge in [0.2, 0.25) is 11.7 Å². The molecular weight excluding hydrogens is 428 g/mol. The van der Waals surface area contributed by atoms with Gasteiger partial charge in [0.15, 0.2) is 11.6 Å². The second-order valence-electron chi connectivity index (χ2n) is 11.1. The van der Waals surface area contributed by atoms with Crippen LogP contribution in [-0.4, -0.2) is 41.1 Å². The quantitative estimate of drug-likeness (QED) is 0.720. The van der Waals surface area contributed by atoms with E-state index < -0.39 is 11.6 Å². The highest BCUT2D eigenvalue weighted by atomic mass is 19.2. The molecule has 4 aliphatic carbocycles. The summed E-state index contributed by atoms with van der Waals surface area (Å²) in [5.74, 6) is -0.905. The predicted molar refractivity (Wildman–Crippen MR) is 116 cm³/mol. The zero-order chi connectivity index (χ0) is 22.9. The third-order valence-electron chi connectivity index (χ3n) is 9.22. The summed E-state index contributed by atoms with van der Waals surface area (Å²) < 4.78 is 33.4. The first kappa shape index (κ1) is 21.2. The third kappa shape index (κ3) is 3.39. The Kier molecular flexibility index (Phi) is 4.86. The molecular formula is C25H31F2N3O3. The SMILES string of the molecule is NC(=O)C12CC3CC(C1)C(NC(=O)N1C4CC[C@H]1CC(Oc1cccc(F)c1F)C4)C(C3)C2. The van der Waals surface area contributed by atoms with E-state index in [2.05, 4.69) is 5.32 Å². The van der Waals surface area contributed by atoms with Crippen molar-refractivity contribution in [2.75, 3.05) is 0 Å². The van der Waals surface area contributed by atoms with Gasteiger partial charge in [-0.25, -0.2) is 9.18 Å². The molecule has 4 saturated carbocycles. The molecule has 4 unspecified atom stereocenters. The summed E-state index contributed by atoms with van der Waals surface area (Å²) in [6, 6.07) is 4.13. The zero-order valence-corrected chi connectivity index (χ0v) is 18.6. The number of urea groups is 1. The van der Waals surface area contributed by atoms with Crippen molar-refractivity contribution in [1.82, 2.24) is 10.2 Å². The molecule has 0 aromatic heterocycles. The number of fused-ring (bicyclic) bond motifs is 2. The molecule has 33 heavy (non-hydrogen) atoms. The van der Waals surface area contributed by atoms with Crippen LogP contribution in [0, 0.1) is 34.8 Å². The van der Waals surface area contributed by atoms with Crippen LogP contribution in [0.2, 0.25) is 0 Å². The fraction of sp³-hybridized carbons (Fsp3) is 0.680. The number of benzene rings is 1. The average Bonchev–Trinajstić information content (AvgIpc) is 3.04. The number of hydrogen-bond donors (Lipinski definition) is 2. The van der Waals surface area contributed by atoms with Crippen LogP contribution in [0.25, 0.3) is 0 Å². The van der Waals surface area contributed by atoms with Crippen LogP contribution < -0.4 is 15.8 Å². The van der Waals surface area contributed by atoms with Gasteiger partial charge in [-0.1, -0.05) is 6.07 Å². The van der Waals surface area contributed by atoms with Gasteiger partial charge in [-0.05, 0) is 74.8 Å². The molecule has 6 bridgehead atoms. The van der Waals surface area contributed by atoms with Crippen molar-refractivity contribution in [1.29, 1.82) is 0 Å². The lowest BCUT2D eigenvalue weighted by atomic mass is 9.47. The molecule has 0 spiro atoms. The Labute approximate surface area is 192 Å². The summed E-state index contributed by atoms with van der Waals surface area (Å²) in [7, 11) is 0. The number of piperidine rings is 1. The van der Waals surface area contributed by atoms with Gasteiger partial charge < -0.3 is 20.7 Å². The van der Waals surface area contributed by atoms with E-state index in [-0.39, 0.29) is 47.3 Å². The van der Waals surface area contributed by atoms with E-state index in [1.807, 2.05) is 4.90 Å². The van der Waals surface area contributed by atoms with E-state index in [0.29, 0.717) is 30.6 Å². The number of halogens is 2. The van der Waals surface area contributed by atoms with Crippen molar-refractivity contribution in [3.63, 3.8) is 0 Å². The highest BCUT2D eigenvalue weighted by Crippen LogP contribution is 2.60. The van der Waals surface area contributed by atoms with Gasteiger partial charge in [0, 0.05) is 36.4 Å². The summed E-state index contributed by atoms with van der Waals surface area (Å²) in [5, 5.41) is 3.35. The molecule has 1 aromatic rings. The number of nitrogens with two attached hydrogens (primary N) is 1. The van der Waals surface area contributed by atoms with Crippen molar-refractivity contribution >= 4 is 11.9 Å². The number of carbonyl (C=O) groups excluding carboxylic acids is 2. The minimum Gasteiger partial charge on any atom is -0.487 e. The van der Waals surface area contributed by atoms with Crippen LogP contribution in [0.4, 0.5) is 13.6 Å². The fourth-order valence-electron chi connectivity index (χ4n) is 8.09. The number of carbonyl (C=O) groups is 2. The highest BCUT2D eigenvalue weighted by Gasteiger charge is 2.58. The van der Waals surface area contributed by atoms with Crippen LogP contribution in [0.5, 0.6) is 5.75 Å². The molecule has 2 heterocycles. The maximum absolute atomic E-state index is 14.0. The zero-order valence-electron chi connectivity index (χ0n) is 18.6. The van der Waals surface area contributed by atoms with E-state index in [1.165, 1.54) is 12.1 Å². The maximum atomic E-state index is 14.0. The molecule has 6 fully saturated rings. The van der Waals surface area contributed by atoms with Crippen molar-refractivity contribution in [3.8, 4) is 5.75 Å². The smallest absolute Gasteiger partial charge is 0.318 e. The van der Waals surface area contributed by atoms with Crippen molar-refractivity contribution < 1.29 is 23.1 Å². The summed E-state index contributed by atoms with van der Waals surface area (Å²) in [4.78, 5) is 27.6. The van der Waals surface area contributed by atoms with Crippen LogP contribution in [0.1, 0.15) is 57.8 Å². The lowest BCUT2D eigenvalue weighted by Gasteiger charge is -2.59. The van der Waals surface area contributed by atoms with E-state index in [4.69, 9.17) is 10.5 Å². The minimum absolute atomic E-state index is 0.0246. The topological polar surface area (TPSA) is 84.7 Å². The maximum Gasteiger partial charge on any atom is 0.318 e. The predicted octanol–water partition coefficient (Wildman–Crippen LogP) is 3.73. The van der Waals surface area contributed by atoms with Crippen LogP contribution in [0.15, 0.2) is 18.2 Å². The molecule has 1 aromatic carbocycles. The van der Waals surface area contributed by atoms with E-state index in [9.17, 15) is 18.4 Å². The first-order chi connectivity index (χ1) is 15.8. The van der Waals surface area contributed by atoms with Gasteiger partial charge in [0.05, 0.1) is 0 Å². The molecule has 3 amide bonds. The van der Waals surface area contributed by atoms with Gasteiger partial charge in [0.1, 0.15) is 6.10 Å². The molecule has 6 aliphatic rings. The third-order valence-corrected chi connectivity index (χ3v) is 9.22. The summed E-state index contributed by atoms with van der Waals surface area (Å²) in [5.41, 5.74) is 5.43. The average molecular weight is 460 g/mol. The van der Waals surface area contributed by atoms with Gasteiger partial charge in [0.25, 0.3) is 0 Å². The molecule has 5 atom stereocenters. The second-order valence-corrected chi connectivity index (χ2v) is 11.1. The van der Waals surface area contributed by atoms with E-state index >= 15 is 0 Å². The first-order valence-electron chi connectivity index (χ1n) is 12.3. The Bertz CT molecular complexity index is 958. The first-order valence-corrected chi connectivity index (χ1v) is 12.3. The Hall–Kier alpha value is -2.38. The summed E-state index contributed by atoms with van der Waals surface area (Å²) >= 11 is 0. The fourth-order valence-corrected chi connectivity index (χ4v) is 8.09. The van der Waals surface area contributed by atoms with Crippen molar-refractivity contribution in [2.24, 2.45) is 28.9 Å². The molecule has 8 heteroatoms. The molecule has 6 nitrogen and oxygen atoms in total. The largest absolute Gasteiger partial charge is 0.487 e. The number of primary amides is 1. The van der Waals surface area contributed by atoms with E-state index in [1.54, 1.807) is 0 Å². The van der Waals surface area contributed by atoms with Crippen molar-refractivity contribution in [3.05, 3.63) is 29.8 Å². The Morgan fingerprint density at radius 3 is 2.33 bits per heavy atom. The standard InChI is InChI=1S/C25H31F2N3O3/c26-19-2-1-3-20(21(19)27)33-18-8-16-4-5-17(9-18)30(16)24(32)29-22-14-6-13-7-15(22)12-25(10-13,11-14)23(28)31/h1-3,13-18,22H,4-12H2,(H2,28,31)(H,29,32)/t13?,14?,15?,16-,17?,18?,22?,25?/m0/s1. The van der Waals surface area contributed by atoms with Gasteiger partial charge in [-0.3, -0.25) is 4.79 Å². The molecule has 3 N–H and O–H groups in total. The number of amides is 3. The Morgan fingerprint density at radius 2 is 1.70 bits per heavy atom. The van der Waals surface area contributed by atoms with Gasteiger partial charge in [-0.15, -0.1) is 0 Å². The Morgan fingerprint density at radius 1 is 1.03 bits per heavy atom. The number of rotatable bonds is 4. The molecule has 0 radical (unpaired) electrons. The number of nitrogens with one attached hydrogen (secondary N) is 1. The lowest BCUT2D eigenvalue weighted by molar-refractivity contribution is -0.145. The van der Waals surface area contributed by atoms with Crippen LogP contribution in [0.3, 0.4) is 0 Å².